The van der Waals surface area contributed by atoms with Crippen molar-refractivity contribution in [3.8, 4) is 0 Å². The summed E-state index contributed by atoms with van der Waals surface area (Å²) in [7, 11) is -2.68. The van der Waals surface area contributed by atoms with Gasteiger partial charge in [0.05, 0.1) is 6.20 Å². The SMILES string of the molecule is CN1C(N)=NC(C)(c2cc(NC(=O)c3ccc(F)cn3)ccc2F)C2(CCCCC(CC3CCOC3)C2)S1(=O)=O. The van der Waals surface area contributed by atoms with Crippen LogP contribution in [0.1, 0.15) is 67.9 Å². The molecule has 2 fully saturated rings. The lowest BCUT2D eigenvalue weighted by Gasteiger charge is -2.51. The van der Waals surface area contributed by atoms with Crippen molar-refractivity contribution in [3.63, 3.8) is 0 Å². The molecule has 2 aromatic rings. The molecule has 4 unspecified atom stereocenters. The number of sulfonamides is 1. The third kappa shape index (κ3) is 4.85. The van der Waals surface area contributed by atoms with E-state index in [1.165, 1.54) is 31.3 Å². The Bertz CT molecular complexity index is 1410. The van der Waals surface area contributed by atoms with Gasteiger partial charge in [-0.1, -0.05) is 19.3 Å². The highest BCUT2D eigenvalue weighted by molar-refractivity contribution is 7.91. The van der Waals surface area contributed by atoms with Gasteiger partial charge in [0.1, 0.15) is 27.6 Å². The van der Waals surface area contributed by atoms with E-state index in [0.717, 1.165) is 42.3 Å². The molecule has 3 N–H and O–H groups in total. The molecule has 0 radical (unpaired) electrons. The predicted octanol–water partition coefficient (Wildman–Crippen LogP) is 4.16. The number of halogens is 2. The summed E-state index contributed by atoms with van der Waals surface area (Å²) in [5.74, 6) is -1.63. The fourth-order valence-electron chi connectivity index (χ4n) is 6.66. The van der Waals surface area contributed by atoms with Crippen LogP contribution in [0.25, 0.3) is 0 Å². The van der Waals surface area contributed by atoms with Crippen molar-refractivity contribution in [2.24, 2.45) is 22.6 Å². The molecule has 5 rings (SSSR count). The molecule has 9 nitrogen and oxygen atoms in total. The van der Waals surface area contributed by atoms with Gasteiger partial charge in [-0.3, -0.25) is 4.79 Å². The van der Waals surface area contributed by atoms with Crippen molar-refractivity contribution in [1.29, 1.82) is 0 Å². The monoisotopic (exact) mass is 575 g/mol. The van der Waals surface area contributed by atoms with E-state index < -0.39 is 37.9 Å². The summed E-state index contributed by atoms with van der Waals surface area (Å²) >= 11 is 0. The number of anilines is 1. The topological polar surface area (TPSA) is 127 Å². The number of nitrogens with one attached hydrogen (secondary N) is 1. The molecule has 3 heterocycles. The summed E-state index contributed by atoms with van der Waals surface area (Å²) < 4.78 is 62.8. The van der Waals surface area contributed by atoms with Gasteiger partial charge in [-0.15, -0.1) is 0 Å². The van der Waals surface area contributed by atoms with Crippen LogP contribution in [0.15, 0.2) is 41.5 Å². The molecule has 12 heteroatoms. The van der Waals surface area contributed by atoms with Crippen LogP contribution in [0.2, 0.25) is 0 Å². The van der Waals surface area contributed by atoms with E-state index in [2.05, 4.69) is 10.3 Å². The van der Waals surface area contributed by atoms with Gasteiger partial charge in [-0.25, -0.2) is 31.5 Å². The fraction of sp³-hybridized carbons (Fsp3) is 0.536. The van der Waals surface area contributed by atoms with E-state index >= 15 is 4.39 Å². The second-order valence-electron chi connectivity index (χ2n) is 11.3. The Labute approximate surface area is 233 Å². The first kappa shape index (κ1) is 28.4. The molecule has 1 amide bonds. The fourth-order valence-corrected chi connectivity index (χ4v) is 8.97. The number of guanidine groups is 1. The highest BCUT2D eigenvalue weighted by Gasteiger charge is 2.64. The van der Waals surface area contributed by atoms with Gasteiger partial charge >= 0.3 is 0 Å². The van der Waals surface area contributed by atoms with E-state index in [1.807, 2.05) is 0 Å². The summed E-state index contributed by atoms with van der Waals surface area (Å²) in [6, 6.07) is 6.33. The van der Waals surface area contributed by atoms with Gasteiger partial charge in [0.2, 0.25) is 16.0 Å². The molecule has 1 spiro atoms. The summed E-state index contributed by atoms with van der Waals surface area (Å²) in [6.07, 6.45) is 5.67. The first-order valence-corrected chi connectivity index (χ1v) is 15.1. The predicted molar refractivity (Wildman–Crippen MR) is 147 cm³/mol. The second-order valence-corrected chi connectivity index (χ2v) is 13.6. The van der Waals surface area contributed by atoms with Crippen LogP contribution in [0.4, 0.5) is 14.5 Å². The van der Waals surface area contributed by atoms with E-state index in [0.29, 0.717) is 38.4 Å². The molecule has 2 aliphatic heterocycles. The Hall–Kier alpha value is -3.12. The highest BCUT2D eigenvalue weighted by Crippen LogP contribution is 2.55. The number of hydrogen-bond acceptors (Lipinski definition) is 7. The second kappa shape index (κ2) is 10.7. The lowest BCUT2D eigenvalue weighted by molar-refractivity contribution is 0.102. The molecular formula is C28H35F2N5O4S. The number of carbonyl (C=O) groups excluding carboxylic acids is 1. The first-order valence-electron chi connectivity index (χ1n) is 13.6. The lowest BCUT2D eigenvalue weighted by Crippen LogP contribution is -2.65. The van der Waals surface area contributed by atoms with Crippen molar-refractivity contribution >= 4 is 27.6 Å². The number of pyridine rings is 1. The third-order valence-corrected chi connectivity index (χ3v) is 11.5. The molecule has 1 saturated carbocycles. The van der Waals surface area contributed by atoms with Gasteiger partial charge in [-0.05, 0) is 74.8 Å². The lowest BCUT2D eigenvalue weighted by atomic mass is 9.72. The minimum Gasteiger partial charge on any atom is -0.381 e. The summed E-state index contributed by atoms with van der Waals surface area (Å²) in [4.78, 5) is 21.3. The number of aromatic nitrogens is 1. The van der Waals surface area contributed by atoms with Gasteiger partial charge in [0.15, 0.2) is 0 Å². The number of hydrogen-bond donors (Lipinski definition) is 2. The molecule has 1 aromatic carbocycles. The number of benzene rings is 1. The van der Waals surface area contributed by atoms with Crippen LogP contribution in [0.3, 0.4) is 0 Å². The molecule has 4 atom stereocenters. The zero-order valence-electron chi connectivity index (χ0n) is 22.7. The van der Waals surface area contributed by atoms with Crippen LogP contribution < -0.4 is 11.1 Å². The Morgan fingerprint density at radius 3 is 2.70 bits per heavy atom. The zero-order valence-corrected chi connectivity index (χ0v) is 23.5. The Balaban J connectivity index is 1.58. The minimum absolute atomic E-state index is 0.0263. The number of amides is 1. The largest absolute Gasteiger partial charge is 0.381 e. The Morgan fingerprint density at radius 1 is 1.20 bits per heavy atom. The summed E-state index contributed by atoms with van der Waals surface area (Å²) in [6.45, 7) is 3.01. The normalized spacial score (nSPS) is 30.1. The Morgan fingerprint density at radius 2 is 2.00 bits per heavy atom. The molecule has 1 aromatic heterocycles. The van der Waals surface area contributed by atoms with Crippen molar-refractivity contribution in [3.05, 3.63) is 59.4 Å². The molecule has 216 valence electrons. The standard InChI is InChI=1S/C28H35F2N5O4S/c1-27(22-14-21(7-8-23(22)30)33-25(36)24-9-6-20(29)16-32-24)28(40(37,38)35(2)26(31)34-27)11-4-3-5-18(15-28)13-19-10-12-39-17-19/h6-9,14,16,18-19H,3-5,10-13,15,17H2,1-2H3,(H2,31,34)(H,33,36). The summed E-state index contributed by atoms with van der Waals surface area (Å²) in [5.41, 5.74) is 4.82. The highest BCUT2D eigenvalue weighted by atomic mass is 32.2. The van der Waals surface area contributed by atoms with Crippen molar-refractivity contribution in [2.75, 3.05) is 25.6 Å². The van der Waals surface area contributed by atoms with Gasteiger partial charge in [0, 0.05) is 31.5 Å². The minimum atomic E-state index is -4.07. The third-order valence-electron chi connectivity index (χ3n) is 8.86. The Kier molecular flexibility index (Phi) is 7.60. The van der Waals surface area contributed by atoms with Crippen LogP contribution in [0, 0.1) is 23.5 Å². The maximum Gasteiger partial charge on any atom is 0.274 e. The van der Waals surface area contributed by atoms with Crippen molar-refractivity contribution < 1.29 is 26.7 Å². The van der Waals surface area contributed by atoms with Crippen molar-refractivity contribution in [2.45, 2.75) is 62.2 Å². The van der Waals surface area contributed by atoms with Crippen LogP contribution in [0.5, 0.6) is 0 Å². The molecule has 1 aliphatic carbocycles. The average molecular weight is 576 g/mol. The zero-order chi connectivity index (χ0) is 28.7. The number of nitrogens with two attached hydrogens (primary N) is 1. The molecule has 3 aliphatic rings. The maximum absolute atomic E-state index is 15.7. The van der Waals surface area contributed by atoms with E-state index in [-0.39, 0.29) is 28.8 Å². The number of rotatable bonds is 5. The number of nitrogens with zero attached hydrogens (tertiary/aromatic N) is 3. The number of aliphatic imine (C=N–C) groups is 1. The smallest absolute Gasteiger partial charge is 0.274 e. The molecule has 40 heavy (non-hydrogen) atoms. The number of carbonyl (C=O) groups is 1. The van der Waals surface area contributed by atoms with E-state index in [9.17, 15) is 17.6 Å². The van der Waals surface area contributed by atoms with Gasteiger partial charge in [0.25, 0.3) is 5.91 Å². The van der Waals surface area contributed by atoms with Gasteiger partial charge in [-0.2, -0.15) is 0 Å². The average Bonchev–Trinajstić information content (AvgIpc) is 3.33. The van der Waals surface area contributed by atoms with Crippen molar-refractivity contribution in [1.82, 2.24) is 9.29 Å². The van der Waals surface area contributed by atoms with Crippen LogP contribution in [-0.2, 0) is 20.3 Å². The molecule has 1 saturated heterocycles. The van der Waals surface area contributed by atoms with E-state index in [4.69, 9.17) is 15.5 Å². The quantitative estimate of drug-likeness (QED) is 0.551. The first-order chi connectivity index (χ1) is 19.0. The molecular weight excluding hydrogens is 540 g/mol. The number of ether oxygens (including phenoxy) is 1. The molecule has 0 bridgehead atoms. The maximum atomic E-state index is 15.7. The van der Waals surface area contributed by atoms with Crippen LogP contribution in [-0.4, -0.2) is 54.6 Å². The van der Waals surface area contributed by atoms with Gasteiger partial charge < -0.3 is 15.8 Å². The van der Waals surface area contributed by atoms with Crippen LogP contribution >= 0.6 is 0 Å². The summed E-state index contributed by atoms with van der Waals surface area (Å²) in [5, 5.41) is 2.66. The van der Waals surface area contributed by atoms with E-state index in [1.54, 1.807) is 6.92 Å².